The SMILES string of the molecule is CCN(C(=O)c1cn(CC)c2nc(C)ccc2c1=O)[C@@H]1CCS(=O)(=O)C1. The highest BCUT2D eigenvalue weighted by atomic mass is 32.2. The number of hydrogen-bond acceptors (Lipinski definition) is 5. The molecule has 2 aromatic rings. The van der Waals surface area contributed by atoms with E-state index in [0.717, 1.165) is 5.69 Å². The molecule has 7 nitrogen and oxygen atoms in total. The van der Waals surface area contributed by atoms with E-state index >= 15 is 0 Å². The molecule has 3 rings (SSSR count). The molecule has 0 bridgehead atoms. The summed E-state index contributed by atoms with van der Waals surface area (Å²) in [6.07, 6.45) is 1.96. The molecule has 0 N–H and O–H groups in total. The second-order valence-electron chi connectivity index (χ2n) is 6.63. The lowest BCUT2D eigenvalue weighted by molar-refractivity contribution is 0.0706. The number of pyridine rings is 2. The van der Waals surface area contributed by atoms with Crippen molar-refractivity contribution in [1.29, 1.82) is 0 Å². The molecule has 0 radical (unpaired) electrons. The van der Waals surface area contributed by atoms with Crippen LogP contribution < -0.4 is 5.43 Å². The zero-order chi connectivity index (χ0) is 19.1. The number of sulfone groups is 1. The maximum Gasteiger partial charge on any atom is 0.259 e. The van der Waals surface area contributed by atoms with E-state index in [-0.39, 0.29) is 28.5 Å². The van der Waals surface area contributed by atoms with E-state index in [1.54, 1.807) is 29.8 Å². The highest BCUT2D eigenvalue weighted by molar-refractivity contribution is 7.91. The summed E-state index contributed by atoms with van der Waals surface area (Å²) in [5, 5.41) is 0.401. The van der Waals surface area contributed by atoms with Gasteiger partial charge in [0.2, 0.25) is 5.43 Å². The highest BCUT2D eigenvalue weighted by Gasteiger charge is 2.35. The molecule has 140 valence electrons. The average molecular weight is 377 g/mol. The molecule has 0 spiro atoms. The minimum atomic E-state index is -3.12. The van der Waals surface area contributed by atoms with Crippen LogP contribution >= 0.6 is 0 Å². The van der Waals surface area contributed by atoms with Crippen molar-refractivity contribution in [3.8, 4) is 0 Å². The molecule has 1 amide bonds. The predicted octanol–water partition coefficient (Wildman–Crippen LogP) is 1.37. The largest absolute Gasteiger partial charge is 0.335 e. The van der Waals surface area contributed by atoms with Crippen molar-refractivity contribution in [3.05, 3.63) is 39.8 Å². The van der Waals surface area contributed by atoms with Crippen LogP contribution in [0.25, 0.3) is 11.0 Å². The number of aryl methyl sites for hydroxylation is 2. The number of nitrogens with zero attached hydrogens (tertiary/aromatic N) is 3. The summed E-state index contributed by atoms with van der Waals surface area (Å²) in [5.74, 6) is -0.367. The van der Waals surface area contributed by atoms with Crippen LogP contribution in [-0.2, 0) is 16.4 Å². The number of fused-ring (bicyclic) bond motifs is 1. The van der Waals surface area contributed by atoms with E-state index in [1.807, 2.05) is 13.8 Å². The van der Waals surface area contributed by atoms with Crippen LogP contribution in [0, 0.1) is 6.92 Å². The Morgan fingerprint density at radius 3 is 2.65 bits per heavy atom. The molecule has 1 aliphatic heterocycles. The van der Waals surface area contributed by atoms with Crippen molar-refractivity contribution in [2.75, 3.05) is 18.1 Å². The Hall–Kier alpha value is -2.22. The topological polar surface area (TPSA) is 89.3 Å². The monoisotopic (exact) mass is 377 g/mol. The Labute approximate surface area is 152 Å². The fraction of sp³-hybridized carbons (Fsp3) is 0.500. The van der Waals surface area contributed by atoms with Gasteiger partial charge in [-0.1, -0.05) is 0 Å². The minimum absolute atomic E-state index is 0.0388. The van der Waals surface area contributed by atoms with E-state index in [1.165, 1.54) is 4.90 Å². The molecular formula is C18H23N3O4S. The van der Waals surface area contributed by atoms with Crippen LogP contribution in [0.1, 0.15) is 36.3 Å². The summed E-state index contributed by atoms with van der Waals surface area (Å²) in [5.41, 5.74) is 1.06. The van der Waals surface area contributed by atoms with Crippen LogP contribution in [-0.4, -0.2) is 52.9 Å². The molecule has 3 heterocycles. The number of hydrogen-bond donors (Lipinski definition) is 0. The van der Waals surface area contributed by atoms with Gasteiger partial charge in [-0.05, 0) is 39.3 Å². The summed E-state index contributed by atoms with van der Waals surface area (Å²) in [4.78, 5) is 31.9. The number of carbonyl (C=O) groups excluding carboxylic acids is 1. The first-order chi connectivity index (χ1) is 12.3. The molecule has 1 aliphatic rings. The molecule has 8 heteroatoms. The summed E-state index contributed by atoms with van der Waals surface area (Å²) in [6.45, 7) is 6.49. The molecule has 1 saturated heterocycles. The lowest BCUT2D eigenvalue weighted by atomic mass is 10.1. The number of amides is 1. The van der Waals surface area contributed by atoms with E-state index in [9.17, 15) is 18.0 Å². The maximum absolute atomic E-state index is 13.1. The Balaban J connectivity index is 2.09. The normalized spacial score (nSPS) is 19.0. The average Bonchev–Trinajstić information content (AvgIpc) is 2.95. The first kappa shape index (κ1) is 18.6. The highest BCUT2D eigenvalue weighted by Crippen LogP contribution is 2.20. The second kappa shape index (κ2) is 6.83. The van der Waals surface area contributed by atoms with Crippen molar-refractivity contribution in [1.82, 2.24) is 14.5 Å². The number of rotatable bonds is 4. The number of aromatic nitrogens is 2. The van der Waals surface area contributed by atoms with Gasteiger partial charge in [-0.15, -0.1) is 0 Å². The van der Waals surface area contributed by atoms with Gasteiger partial charge in [0.25, 0.3) is 5.91 Å². The molecule has 0 saturated carbocycles. The number of carbonyl (C=O) groups is 1. The van der Waals surface area contributed by atoms with Crippen LogP contribution in [0.15, 0.2) is 23.1 Å². The van der Waals surface area contributed by atoms with Crippen LogP contribution in [0.2, 0.25) is 0 Å². The molecule has 2 aromatic heterocycles. The summed E-state index contributed by atoms with van der Waals surface area (Å²) < 4.78 is 25.4. The fourth-order valence-corrected chi connectivity index (χ4v) is 5.23. The standard InChI is InChI=1S/C18H23N3O4S/c1-4-20-10-15(16(22)14-7-6-12(3)19-17(14)20)18(23)21(5-2)13-8-9-26(24,25)11-13/h6-7,10,13H,4-5,8-9,11H2,1-3H3/t13-/m1/s1. The molecule has 26 heavy (non-hydrogen) atoms. The van der Waals surface area contributed by atoms with Gasteiger partial charge in [0, 0.05) is 31.0 Å². The zero-order valence-electron chi connectivity index (χ0n) is 15.2. The predicted molar refractivity (Wildman–Crippen MR) is 100 cm³/mol. The van der Waals surface area contributed by atoms with Gasteiger partial charge in [-0.3, -0.25) is 9.59 Å². The quantitative estimate of drug-likeness (QED) is 0.803. The van der Waals surface area contributed by atoms with E-state index in [2.05, 4.69) is 4.98 Å². The Bertz CT molecular complexity index is 1030. The molecule has 1 atom stereocenters. The van der Waals surface area contributed by atoms with Gasteiger partial charge in [0.15, 0.2) is 9.84 Å². The summed E-state index contributed by atoms with van der Waals surface area (Å²) in [6, 6.07) is 3.07. The van der Waals surface area contributed by atoms with Crippen molar-refractivity contribution < 1.29 is 13.2 Å². The molecule has 1 fully saturated rings. The fourth-order valence-electron chi connectivity index (χ4n) is 3.50. The Morgan fingerprint density at radius 2 is 2.08 bits per heavy atom. The lowest BCUT2D eigenvalue weighted by Crippen LogP contribution is -2.43. The van der Waals surface area contributed by atoms with Gasteiger partial charge in [0.05, 0.1) is 16.9 Å². The van der Waals surface area contributed by atoms with Crippen molar-refractivity contribution >= 4 is 26.8 Å². The lowest BCUT2D eigenvalue weighted by Gasteiger charge is -2.27. The molecule has 0 aliphatic carbocycles. The van der Waals surface area contributed by atoms with Gasteiger partial charge >= 0.3 is 0 Å². The van der Waals surface area contributed by atoms with Crippen molar-refractivity contribution in [3.63, 3.8) is 0 Å². The maximum atomic E-state index is 13.1. The first-order valence-corrected chi connectivity index (χ1v) is 10.6. The third kappa shape index (κ3) is 3.25. The van der Waals surface area contributed by atoms with Gasteiger partial charge < -0.3 is 9.47 Å². The van der Waals surface area contributed by atoms with Crippen LogP contribution in [0.4, 0.5) is 0 Å². The summed E-state index contributed by atoms with van der Waals surface area (Å²) in [7, 11) is -3.12. The van der Waals surface area contributed by atoms with Crippen LogP contribution in [0.5, 0.6) is 0 Å². The molecular weight excluding hydrogens is 354 g/mol. The van der Waals surface area contributed by atoms with Gasteiger partial charge in [-0.25, -0.2) is 13.4 Å². The smallest absolute Gasteiger partial charge is 0.259 e. The van der Waals surface area contributed by atoms with Crippen LogP contribution in [0.3, 0.4) is 0 Å². The Morgan fingerprint density at radius 1 is 1.35 bits per heavy atom. The first-order valence-electron chi connectivity index (χ1n) is 8.79. The van der Waals surface area contributed by atoms with Crippen molar-refractivity contribution in [2.24, 2.45) is 0 Å². The second-order valence-corrected chi connectivity index (χ2v) is 8.86. The van der Waals surface area contributed by atoms with E-state index < -0.39 is 15.7 Å². The van der Waals surface area contributed by atoms with E-state index in [0.29, 0.717) is 30.5 Å². The third-order valence-corrected chi connectivity index (χ3v) is 6.63. The minimum Gasteiger partial charge on any atom is -0.335 e. The third-order valence-electron chi connectivity index (χ3n) is 4.88. The van der Waals surface area contributed by atoms with Gasteiger partial charge in [-0.2, -0.15) is 0 Å². The van der Waals surface area contributed by atoms with Gasteiger partial charge in [0.1, 0.15) is 11.2 Å². The molecule has 0 aromatic carbocycles. The van der Waals surface area contributed by atoms with Crippen molar-refractivity contribution in [2.45, 2.75) is 39.8 Å². The summed E-state index contributed by atoms with van der Waals surface area (Å²) >= 11 is 0. The van der Waals surface area contributed by atoms with E-state index in [4.69, 9.17) is 0 Å². The zero-order valence-corrected chi connectivity index (χ0v) is 16.0. The Kier molecular flexibility index (Phi) is 4.88. The molecule has 0 unspecified atom stereocenters.